The number of amides is 1. The predicted octanol–water partition coefficient (Wildman–Crippen LogP) is 5.51. The molecule has 0 atom stereocenters. The van der Waals surface area contributed by atoms with Gasteiger partial charge in [0.05, 0.1) is 22.8 Å². The van der Waals surface area contributed by atoms with Crippen molar-refractivity contribution in [1.29, 1.82) is 0 Å². The molecule has 0 heterocycles. The molecule has 1 amide bonds. The molecule has 2 aromatic carbocycles. The van der Waals surface area contributed by atoms with Crippen molar-refractivity contribution in [1.82, 2.24) is 4.90 Å². The average molecular weight is 475 g/mol. The first kappa shape index (κ1) is 26.7. The molecule has 0 fully saturated rings. The molecule has 2 aromatic rings. The normalized spacial score (nSPS) is 12.0. The molecule has 0 bridgehead atoms. The van der Waals surface area contributed by atoms with Gasteiger partial charge in [-0.05, 0) is 56.0 Å². The van der Waals surface area contributed by atoms with Crippen LogP contribution in [0.2, 0.25) is 5.02 Å². The minimum atomic E-state index is -0.572. The zero-order chi connectivity index (χ0) is 25.0. The maximum Gasteiger partial charge on any atom is 0.338 e. The number of phenolic OH excluding ortho intramolecular Hbond substituents is 1. The average Bonchev–Trinajstić information content (AvgIpc) is 2.65. The van der Waals surface area contributed by atoms with Crippen LogP contribution in [0.5, 0.6) is 5.75 Å². The van der Waals surface area contributed by atoms with E-state index in [0.29, 0.717) is 29.4 Å². The van der Waals surface area contributed by atoms with Gasteiger partial charge < -0.3 is 14.7 Å². The molecular formula is C26H35ClN2O4. The van der Waals surface area contributed by atoms with E-state index >= 15 is 0 Å². The number of ether oxygens (including phenoxy) is 1. The van der Waals surface area contributed by atoms with Gasteiger partial charge in [0.2, 0.25) is 5.91 Å². The fraction of sp³-hybridized carbons (Fsp3) is 0.462. The Hall–Kier alpha value is -2.57. The van der Waals surface area contributed by atoms with E-state index in [2.05, 4.69) is 25.7 Å². The van der Waals surface area contributed by atoms with Crippen LogP contribution in [-0.4, -0.2) is 47.6 Å². The minimum Gasteiger partial charge on any atom is -0.508 e. The van der Waals surface area contributed by atoms with E-state index in [4.69, 9.17) is 16.3 Å². The van der Waals surface area contributed by atoms with Crippen LogP contribution >= 0.6 is 11.6 Å². The summed E-state index contributed by atoms with van der Waals surface area (Å²) in [5, 5.41) is 9.89. The number of phenols is 1. The zero-order valence-corrected chi connectivity index (χ0v) is 21.4. The van der Waals surface area contributed by atoms with Crippen LogP contribution in [0, 0.1) is 5.41 Å². The molecule has 6 nitrogen and oxygen atoms in total. The Morgan fingerprint density at radius 2 is 1.70 bits per heavy atom. The van der Waals surface area contributed by atoms with Gasteiger partial charge in [-0.15, -0.1) is 0 Å². The van der Waals surface area contributed by atoms with Crippen molar-refractivity contribution >= 4 is 29.2 Å². The van der Waals surface area contributed by atoms with Crippen LogP contribution in [0.3, 0.4) is 0 Å². The highest BCUT2D eigenvalue weighted by Crippen LogP contribution is 2.29. The molecule has 0 spiro atoms. The number of hydrogen-bond acceptors (Lipinski definition) is 5. The molecule has 180 valence electrons. The van der Waals surface area contributed by atoms with Gasteiger partial charge in [-0.1, -0.05) is 44.5 Å². The van der Waals surface area contributed by atoms with Crippen molar-refractivity contribution in [2.45, 2.75) is 53.7 Å². The molecule has 0 saturated carbocycles. The van der Waals surface area contributed by atoms with Crippen molar-refractivity contribution in [3.05, 3.63) is 58.6 Å². The van der Waals surface area contributed by atoms with Gasteiger partial charge in [0, 0.05) is 26.2 Å². The Kier molecular flexibility index (Phi) is 8.55. The van der Waals surface area contributed by atoms with Crippen molar-refractivity contribution in [3.63, 3.8) is 0 Å². The molecule has 0 aliphatic rings. The molecule has 2 rings (SSSR count). The van der Waals surface area contributed by atoms with E-state index in [-0.39, 0.29) is 29.6 Å². The first-order valence-corrected chi connectivity index (χ1v) is 11.3. The first-order valence-electron chi connectivity index (χ1n) is 10.9. The number of rotatable bonds is 7. The Labute approximate surface area is 202 Å². The van der Waals surface area contributed by atoms with E-state index in [1.54, 1.807) is 19.2 Å². The van der Waals surface area contributed by atoms with Crippen LogP contribution in [-0.2, 0) is 16.1 Å². The smallest absolute Gasteiger partial charge is 0.338 e. The quantitative estimate of drug-likeness (QED) is 0.535. The molecule has 7 heteroatoms. The minimum absolute atomic E-state index is 0.0438. The fourth-order valence-electron chi connectivity index (χ4n) is 3.43. The SMILES string of the molecule is CN(C(=O)CN(Cc1cccc(C(=O)OC(C)(C)C)c1)CC(C)(C)C)c1ccc(O)cc1Cl. The Morgan fingerprint density at radius 3 is 2.27 bits per heavy atom. The Bertz CT molecular complexity index is 993. The van der Waals surface area contributed by atoms with Crippen LogP contribution in [0.15, 0.2) is 42.5 Å². The van der Waals surface area contributed by atoms with Gasteiger partial charge in [-0.3, -0.25) is 9.69 Å². The number of halogens is 1. The number of aromatic hydroxyl groups is 1. The number of esters is 1. The number of anilines is 1. The lowest BCUT2D eigenvalue weighted by Gasteiger charge is -2.31. The summed E-state index contributed by atoms with van der Waals surface area (Å²) in [5.74, 6) is -0.455. The highest BCUT2D eigenvalue weighted by atomic mass is 35.5. The Morgan fingerprint density at radius 1 is 1.03 bits per heavy atom. The second-order valence-corrected chi connectivity index (χ2v) is 10.9. The molecule has 0 saturated heterocycles. The van der Waals surface area contributed by atoms with Gasteiger partial charge in [-0.25, -0.2) is 4.79 Å². The summed E-state index contributed by atoms with van der Waals surface area (Å²) in [4.78, 5) is 29.1. The third kappa shape index (κ3) is 8.71. The van der Waals surface area contributed by atoms with Crippen LogP contribution < -0.4 is 4.90 Å². The second-order valence-electron chi connectivity index (χ2n) is 10.5. The monoisotopic (exact) mass is 474 g/mol. The lowest BCUT2D eigenvalue weighted by atomic mass is 9.95. The summed E-state index contributed by atoms with van der Waals surface area (Å²) in [6.07, 6.45) is 0. The maximum absolute atomic E-state index is 13.1. The summed E-state index contributed by atoms with van der Waals surface area (Å²) in [6, 6.07) is 11.8. The molecule has 0 aliphatic carbocycles. The summed E-state index contributed by atoms with van der Waals surface area (Å²) >= 11 is 6.22. The highest BCUT2D eigenvalue weighted by molar-refractivity contribution is 6.34. The Balaban J connectivity index is 2.21. The van der Waals surface area contributed by atoms with Gasteiger partial charge in [0.25, 0.3) is 0 Å². The molecule has 0 unspecified atom stereocenters. The highest BCUT2D eigenvalue weighted by Gasteiger charge is 2.23. The molecule has 33 heavy (non-hydrogen) atoms. The summed E-state index contributed by atoms with van der Waals surface area (Å²) in [5.41, 5.74) is 1.32. The van der Waals surface area contributed by atoms with Crippen LogP contribution in [0.1, 0.15) is 57.5 Å². The summed E-state index contributed by atoms with van der Waals surface area (Å²) < 4.78 is 5.49. The molecule has 0 radical (unpaired) electrons. The van der Waals surface area contributed by atoms with Crippen LogP contribution in [0.25, 0.3) is 0 Å². The summed E-state index contributed by atoms with van der Waals surface area (Å²) in [6.45, 7) is 13.2. The number of likely N-dealkylation sites (N-methyl/N-ethyl adjacent to an activating group) is 1. The summed E-state index contributed by atoms with van der Waals surface area (Å²) in [7, 11) is 1.67. The number of nitrogens with zero attached hydrogens (tertiary/aromatic N) is 2. The number of benzene rings is 2. The predicted molar refractivity (Wildman–Crippen MR) is 133 cm³/mol. The van der Waals surface area contributed by atoms with Gasteiger partial charge in [0.1, 0.15) is 11.4 Å². The van der Waals surface area contributed by atoms with Gasteiger partial charge in [-0.2, -0.15) is 0 Å². The van der Waals surface area contributed by atoms with E-state index in [0.717, 1.165) is 5.56 Å². The van der Waals surface area contributed by atoms with Crippen molar-refractivity contribution in [3.8, 4) is 5.75 Å². The lowest BCUT2D eigenvalue weighted by molar-refractivity contribution is -0.119. The zero-order valence-electron chi connectivity index (χ0n) is 20.6. The number of hydrogen-bond donors (Lipinski definition) is 1. The van der Waals surface area contributed by atoms with E-state index < -0.39 is 5.60 Å². The first-order chi connectivity index (χ1) is 15.1. The third-order valence-electron chi connectivity index (χ3n) is 4.69. The number of carbonyl (C=O) groups excluding carboxylic acids is 2. The van der Waals surface area contributed by atoms with Gasteiger partial charge in [0.15, 0.2) is 0 Å². The third-order valence-corrected chi connectivity index (χ3v) is 4.99. The second kappa shape index (κ2) is 10.6. The van der Waals surface area contributed by atoms with Crippen molar-refractivity contribution < 1.29 is 19.4 Å². The molecule has 0 aliphatic heterocycles. The van der Waals surface area contributed by atoms with E-state index in [1.807, 2.05) is 39.0 Å². The van der Waals surface area contributed by atoms with Crippen LogP contribution in [0.4, 0.5) is 5.69 Å². The standard InChI is InChI=1S/C26H35ClN2O4/c1-25(2,3)17-29(16-23(31)28(7)22-12-11-20(30)14-21(22)27)15-18-9-8-10-19(13-18)24(32)33-26(4,5)6/h8-14,30H,15-17H2,1-7H3. The van der Waals surface area contributed by atoms with E-state index in [1.165, 1.54) is 17.0 Å². The molecular weight excluding hydrogens is 440 g/mol. The van der Waals surface area contributed by atoms with E-state index in [9.17, 15) is 14.7 Å². The lowest BCUT2D eigenvalue weighted by Crippen LogP contribution is -2.41. The maximum atomic E-state index is 13.1. The molecule has 0 aromatic heterocycles. The largest absolute Gasteiger partial charge is 0.508 e. The fourth-order valence-corrected chi connectivity index (χ4v) is 3.73. The van der Waals surface area contributed by atoms with Crippen molar-refractivity contribution in [2.24, 2.45) is 5.41 Å². The topological polar surface area (TPSA) is 70.1 Å². The van der Waals surface area contributed by atoms with Gasteiger partial charge >= 0.3 is 5.97 Å². The number of carbonyl (C=O) groups is 2. The molecule has 1 N–H and O–H groups in total. The van der Waals surface area contributed by atoms with Crippen molar-refractivity contribution in [2.75, 3.05) is 25.0 Å².